The summed E-state index contributed by atoms with van der Waals surface area (Å²) in [6, 6.07) is 5.52. The minimum atomic E-state index is -0.953. The Morgan fingerprint density at radius 2 is 2.27 bits per heavy atom. The lowest BCUT2D eigenvalue weighted by molar-refractivity contribution is 0.0693. The van der Waals surface area contributed by atoms with Crippen molar-refractivity contribution in [1.82, 2.24) is 9.38 Å². The van der Waals surface area contributed by atoms with E-state index in [4.69, 9.17) is 5.11 Å². The molecular weight excluding hydrogens is 192 g/mol. The van der Waals surface area contributed by atoms with Crippen LogP contribution in [0.1, 0.15) is 35.1 Å². The Labute approximate surface area is 86.2 Å². The molecule has 1 aliphatic rings. The fourth-order valence-electron chi connectivity index (χ4n) is 1.85. The van der Waals surface area contributed by atoms with Gasteiger partial charge < -0.3 is 9.51 Å². The summed E-state index contributed by atoms with van der Waals surface area (Å²) in [6.07, 6.45) is 4.11. The third-order valence-corrected chi connectivity index (χ3v) is 2.72. The van der Waals surface area contributed by atoms with Gasteiger partial charge in [0.25, 0.3) is 0 Å². The molecule has 0 amide bonds. The molecule has 3 rings (SSSR count). The molecule has 0 unspecified atom stereocenters. The number of carboxylic acids is 1. The quantitative estimate of drug-likeness (QED) is 0.809. The van der Waals surface area contributed by atoms with Crippen molar-refractivity contribution in [3.05, 3.63) is 35.9 Å². The van der Waals surface area contributed by atoms with Gasteiger partial charge in [0.2, 0.25) is 0 Å². The van der Waals surface area contributed by atoms with Crippen molar-refractivity contribution in [2.45, 2.75) is 18.8 Å². The van der Waals surface area contributed by atoms with Gasteiger partial charge in [-0.2, -0.15) is 0 Å². The molecule has 0 aromatic carbocycles. The summed E-state index contributed by atoms with van der Waals surface area (Å²) in [5.74, 6) is 0.390. The second-order valence-electron chi connectivity index (χ2n) is 3.85. The van der Waals surface area contributed by atoms with Gasteiger partial charge in [-0.15, -0.1) is 0 Å². The number of hydrogen-bond donors (Lipinski definition) is 1. The van der Waals surface area contributed by atoms with Crippen LogP contribution in [0.5, 0.6) is 0 Å². The largest absolute Gasteiger partial charge is 0.476 e. The molecule has 1 N–H and O–H groups in total. The van der Waals surface area contributed by atoms with Crippen LogP contribution in [-0.4, -0.2) is 20.5 Å². The fourth-order valence-corrected chi connectivity index (χ4v) is 1.85. The number of aromatic nitrogens is 2. The third-order valence-electron chi connectivity index (χ3n) is 2.72. The van der Waals surface area contributed by atoms with Crippen molar-refractivity contribution in [1.29, 1.82) is 0 Å². The van der Waals surface area contributed by atoms with Crippen LogP contribution in [-0.2, 0) is 0 Å². The molecule has 76 valence electrons. The van der Waals surface area contributed by atoms with Crippen molar-refractivity contribution < 1.29 is 9.90 Å². The molecule has 2 aromatic heterocycles. The van der Waals surface area contributed by atoms with Gasteiger partial charge in [-0.05, 0) is 25.0 Å². The van der Waals surface area contributed by atoms with Crippen molar-refractivity contribution >= 4 is 11.5 Å². The molecule has 2 heterocycles. The summed E-state index contributed by atoms with van der Waals surface area (Å²) in [5.41, 5.74) is 0.851. The van der Waals surface area contributed by atoms with E-state index in [9.17, 15) is 4.79 Å². The lowest BCUT2D eigenvalue weighted by Gasteiger charge is -1.96. The normalized spacial score (nSPS) is 15.7. The van der Waals surface area contributed by atoms with E-state index in [0.29, 0.717) is 11.4 Å². The van der Waals surface area contributed by atoms with E-state index in [-0.39, 0.29) is 5.69 Å². The maximum Gasteiger partial charge on any atom is 0.356 e. The lowest BCUT2D eigenvalue weighted by Crippen LogP contribution is -1.97. The van der Waals surface area contributed by atoms with Crippen LogP contribution in [0.2, 0.25) is 0 Å². The highest BCUT2D eigenvalue weighted by atomic mass is 16.4. The molecule has 1 fully saturated rings. The van der Waals surface area contributed by atoms with Crippen LogP contribution in [0, 0.1) is 0 Å². The Kier molecular flexibility index (Phi) is 1.59. The van der Waals surface area contributed by atoms with E-state index in [1.807, 2.05) is 22.7 Å². The smallest absolute Gasteiger partial charge is 0.356 e. The Morgan fingerprint density at radius 3 is 2.93 bits per heavy atom. The minimum absolute atomic E-state index is 0.164. The van der Waals surface area contributed by atoms with Crippen molar-refractivity contribution in [3.8, 4) is 0 Å². The first kappa shape index (κ1) is 8.47. The zero-order valence-electron chi connectivity index (χ0n) is 8.05. The molecule has 0 spiro atoms. The molecule has 0 atom stereocenters. The molecule has 0 bridgehead atoms. The molecule has 4 nitrogen and oxygen atoms in total. The number of nitrogens with zero attached hydrogens (tertiary/aromatic N) is 2. The average molecular weight is 202 g/mol. The SMILES string of the molecule is O=C(O)c1nc(C2CC2)n2ccccc12. The zero-order valence-corrected chi connectivity index (χ0v) is 8.05. The third kappa shape index (κ3) is 1.21. The van der Waals surface area contributed by atoms with E-state index in [2.05, 4.69) is 4.98 Å². The van der Waals surface area contributed by atoms with Gasteiger partial charge in [0, 0.05) is 12.1 Å². The monoisotopic (exact) mass is 202 g/mol. The molecule has 4 heteroatoms. The number of aromatic carboxylic acids is 1. The first-order chi connectivity index (χ1) is 7.27. The molecule has 0 radical (unpaired) electrons. The second kappa shape index (κ2) is 2.82. The number of carbonyl (C=O) groups is 1. The maximum atomic E-state index is 11.0. The van der Waals surface area contributed by atoms with Gasteiger partial charge >= 0.3 is 5.97 Å². The van der Waals surface area contributed by atoms with E-state index >= 15 is 0 Å². The Morgan fingerprint density at radius 1 is 1.47 bits per heavy atom. The Hall–Kier alpha value is -1.84. The van der Waals surface area contributed by atoms with E-state index in [1.54, 1.807) is 6.07 Å². The molecule has 0 saturated heterocycles. The minimum Gasteiger partial charge on any atom is -0.476 e. The molecule has 15 heavy (non-hydrogen) atoms. The molecule has 2 aromatic rings. The van der Waals surface area contributed by atoms with Crippen LogP contribution < -0.4 is 0 Å². The standard InChI is InChI=1S/C11H10N2O2/c14-11(15)9-8-3-1-2-6-13(8)10(12-9)7-4-5-7/h1-3,6-7H,4-5H2,(H,14,15). The van der Waals surface area contributed by atoms with Gasteiger partial charge in [0.05, 0.1) is 5.52 Å². The van der Waals surface area contributed by atoms with Crippen LogP contribution in [0.15, 0.2) is 24.4 Å². The van der Waals surface area contributed by atoms with Crippen LogP contribution in [0.4, 0.5) is 0 Å². The molecule has 1 aliphatic carbocycles. The molecule has 0 aliphatic heterocycles. The number of hydrogen-bond acceptors (Lipinski definition) is 2. The van der Waals surface area contributed by atoms with E-state index in [1.165, 1.54) is 0 Å². The van der Waals surface area contributed by atoms with Crippen molar-refractivity contribution in [3.63, 3.8) is 0 Å². The highest BCUT2D eigenvalue weighted by Gasteiger charge is 2.30. The highest BCUT2D eigenvalue weighted by molar-refractivity contribution is 5.93. The van der Waals surface area contributed by atoms with Crippen molar-refractivity contribution in [2.24, 2.45) is 0 Å². The highest BCUT2D eigenvalue weighted by Crippen LogP contribution is 2.39. The number of carboxylic acid groups (broad SMARTS) is 1. The first-order valence-corrected chi connectivity index (χ1v) is 4.97. The predicted molar refractivity (Wildman–Crippen MR) is 54.1 cm³/mol. The summed E-state index contributed by atoms with van der Waals surface area (Å²) < 4.78 is 1.89. The number of pyridine rings is 1. The maximum absolute atomic E-state index is 11.0. The van der Waals surface area contributed by atoms with Gasteiger partial charge in [-0.1, -0.05) is 6.07 Å². The lowest BCUT2D eigenvalue weighted by atomic mass is 10.3. The fraction of sp³-hybridized carbons (Fsp3) is 0.273. The van der Waals surface area contributed by atoms with Crippen molar-refractivity contribution in [2.75, 3.05) is 0 Å². The summed E-state index contributed by atoms with van der Waals surface area (Å²) in [7, 11) is 0. The number of rotatable bonds is 2. The van der Waals surface area contributed by atoms with Crippen LogP contribution >= 0.6 is 0 Å². The van der Waals surface area contributed by atoms with Gasteiger partial charge in [0.15, 0.2) is 5.69 Å². The van der Waals surface area contributed by atoms with Gasteiger partial charge in [-0.3, -0.25) is 0 Å². The number of imidazole rings is 1. The summed E-state index contributed by atoms with van der Waals surface area (Å²) >= 11 is 0. The average Bonchev–Trinajstić information content (AvgIpc) is 2.99. The topological polar surface area (TPSA) is 54.6 Å². The van der Waals surface area contributed by atoms with Gasteiger partial charge in [0.1, 0.15) is 5.82 Å². The zero-order chi connectivity index (χ0) is 10.4. The van der Waals surface area contributed by atoms with Crippen LogP contribution in [0.25, 0.3) is 5.52 Å². The summed E-state index contributed by atoms with van der Waals surface area (Å²) in [5, 5.41) is 9.02. The molecular formula is C11H10N2O2. The second-order valence-corrected chi connectivity index (χ2v) is 3.85. The van der Waals surface area contributed by atoms with Crippen LogP contribution in [0.3, 0.4) is 0 Å². The summed E-state index contributed by atoms with van der Waals surface area (Å²) in [4.78, 5) is 15.2. The summed E-state index contributed by atoms with van der Waals surface area (Å²) in [6.45, 7) is 0. The first-order valence-electron chi connectivity index (χ1n) is 4.97. The van der Waals surface area contributed by atoms with E-state index < -0.39 is 5.97 Å². The molecule has 1 saturated carbocycles. The Bertz CT molecular complexity index is 541. The predicted octanol–water partition coefficient (Wildman–Crippen LogP) is 1.91. The number of fused-ring (bicyclic) bond motifs is 1. The van der Waals surface area contributed by atoms with Gasteiger partial charge in [-0.25, -0.2) is 9.78 Å². The Balaban J connectivity index is 2.32. The van der Waals surface area contributed by atoms with E-state index in [0.717, 1.165) is 18.7 Å².